The van der Waals surface area contributed by atoms with Crippen LogP contribution in [0.5, 0.6) is 0 Å². The van der Waals surface area contributed by atoms with E-state index in [1.807, 2.05) is 33.9 Å². The van der Waals surface area contributed by atoms with Gasteiger partial charge in [-0.25, -0.2) is 4.79 Å². The molecule has 3 rings (SSSR count). The Bertz CT molecular complexity index is 731. The molecule has 5 heteroatoms. The number of fused-ring (bicyclic) bond motifs is 1. The molecule has 0 saturated heterocycles. The van der Waals surface area contributed by atoms with Crippen molar-refractivity contribution >= 4 is 27.6 Å². The number of ether oxygens (including phenoxy) is 1. The van der Waals surface area contributed by atoms with Crippen molar-refractivity contribution in [3.05, 3.63) is 45.7 Å². The van der Waals surface area contributed by atoms with Gasteiger partial charge in [-0.15, -0.1) is 0 Å². The van der Waals surface area contributed by atoms with Gasteiger partial charge in [0.2, 0.25) is 0 Å². The number of allylic oxidation sites excluding steroid dienone is 2. The van der Waals surface area contributed by atoms with Crippen LogP contribution in [0.4, 0.5) is 4.79 Å². The molecule has 4 nitrogen and oxygen atoms in total. The van der Waals surface area contributed by atoms with Gasteiger partial charge in [0.15, 0.2) is 0 Å². The monoisotopic (exact) mass is 390 g/mol. The average Bonchev–Trinajstić information content (AvgIpc) is 2.88. The zero-order valence-electron chi connectivity index (χ0n) is 14.6. The molecule has 0 fully saturated rings. The summed E-state index contributed by atoms with van der Waals surface area (Å²) in [6, 6.07) is 2.15. The minimum atomic E-state index is -0.467. The summed E-state index contributed by atoms with van der Waals surface area (Å²) < 4.78 is 6.50. The summed E-state index contributed by atoms with van der Waals surface area (Å²) in [5.41, 5.74) is 4.41. The van der Waals surface area contributed by atoms with Crippen molar-refractivity contribution in [2.75, 3.05) is 6.54 Å². The largest absolute Gasteiger partial charge is 0.444 e. The fourth-order valence-electron chi connectivity index (χ4n) is 3.19. The van der Waals surface area contributed by atoms with Gasteiger partial charge in [0, 0.05) is 29.2 Å². The number of rotatable bonds is 1. The smallest absolute Gasteiger partial charge is 0.410 e. The summed E-state index contributed by atoms with van der Waals surface area (Å²) in [4.78, 5) is 18.6. The van der Waals surface area contributed by atoms with E-state index >= 15 is 0 Å². The molecular weight excluding hydrogens is 368 g/mol. The third-order valence-corrected chi connectivity index (χ3v) is 4.69. The summed E-state index contributed by atoms with van der Waals surface area (Å²) in [6.45, 7) is 8.40. The summed E-state index contributed by atoms with van der Waals surface area (Å²) >= 11 is 3.51. The van der Waals surface area contributed by atoms with E-state index in [9.17, 15) is 4.79 Å². The van der Waals surface area contributed by atoms with Crippen molar-refractivity contribution in [2.24, 2.45) is 0 Å². The van der Waals surface area contributed by atoms with E-state index < -0.39 is 5.60 Å². The second kappa shape index (κ2) is 6.36. The van der Waals surface area contributed by atoms with Crippen molar-refractivity contribution in [1.29, 1.82) is 0 Å². The van der Waals surface area contributed by atoms with Crippen molar-refractivity contribution in [2.45, 2.75) is 52.2 Å². The summed E-state index contributed by atoms with van der Waals surface area (Å²) in [6.07, 6.45) is 7.73. The van der Waals surface area contributed by atoms with Gasteiger partial charge in [-0.1, -0.05) is 12.2 Å². The predicted octanol–water partition coefficient (Wildman–Crippen LogP) is 4.74. The highest BCUT2D eigenvalue weighted by Gasteiger charge is 2.30. The van der Waals surface area contributed by atoms with E-state index in [2.05, 4.69) is 39.1 Å². The topological polar surface area (TPSA) is 42.4 Å². The predicted molar refractivity (Wildman–Crippen MR) is 98.7 cm³/mol. The van der Waals surface area contributed by atoms with Crippen molar-refractivity contribution in [3.8, 4) is 0 Å². The molecule has 1 aliphatic heterocycles. The fraction of sp³-hybridized carbons (Fsp3) is 0.474. The van der Waals surface area contributed by atoms with Crippen LogP contribution in [0.3, 0.4) is 0 Å². The Morgan fingerprint density at radius 1 is 1.42 bits per heavy atom. The Labute approximate surface area is 151 Å². The molecule has 0 aromatic carbocycles. The first-order valence-electron chi connectivity index (χ1n) is 8.30. The zero-order chi connectivity index (χ0) is 17.5. The first kappa shape index (κ1) is 17.2. The normalized spacial score (nSPS) is 20.4. The first-order chi connectivity index (χ1) is 11.2. The molecule has 24 heavy (non-hydrogen) atoms. The molecule has 0 radical (unpaired) electrons. The molecule has 0 spiro atoms. The molecular formula is C19H23BrN2O2. The molecule has 0 bridgehead atoms. The van der Waals surface area contributed by atoms with Crippen LogP contribution in [-0.4, -0.2) is 34.2 Å². The van der Waals surface area contributed by atoms with E-state index in [0.29, 0.717) is 6.54 Å². The standard InChI is InChI=1S/C19H23BrN2O2/c1-12-9-13(7-8-22(12)18(23)24-19(2,3)4)15-5-6-17-16(15)10-14(20)11-21-17/h5,9-12H,6-8H2,1-4H3. The Morgan fingerprint density at radius 2 is 2.17 bits per heavy atom. The lowest BCUT2D eigenvalue weighted by Crippen LogP contribution is -2.44. The van der Waals surface area contributed by atoms with Crippen molar-refractivity contribution < 1.29 is 9.53 Å². The van der Waals surface area contributed by atoms with Gasteiger partial charge in [0.05, 0.1) is 11.7 Å². The Kier molecular flexibility index (Phi) is 4.56. The maximum atomic E-state index is 12.3. The Balaban J connectivity index is 1.79. The average molecular weight is 391 g/mol. The van der Waals surface area contributed by atoms with Gasteiger partial charge in [-0.3, -0.25) is 4.98 Å². The minimum absolute atomic E-state index is 0.0219. The molecule has 0 saturated carbocycles. The van der Waals surface area contributed by atoms with Crippen LogP contribution in [0.25, 0.3) is 5.57 Å². The SMILES string of the molecule is CC1C=C(C2=CCc3ncc(Br)cc32)CCN1C(=O)OC(C)(C)C. The molecule has 2 heterocycles. The van der Waals surface area contributed by atoms with E-state index in [1.165, 1.54) is 16.7 Å². The molecule has 1 amide bonds. The summed E-state index contributed by atoms with van der Waals surface area (Å²) in [7, 11) is 0. The molecule has 2 aliphatic rings. The second-order valence-corrected chi connectivity index (χ2v) is 8.24. The summed E-state index contributed by atoms with van der Waals surface area (Å²) in [5.74, 6) is 0. The van der Waals surface area contributed by atoms with Crippen LogP contribution in [0, 0.1) is 0 Å². The van der Waals surface area contributed by atoms with Crippen molar-refractivity contribution in [3.63, 3.8) is 0 Å². The lowest BCUT2D eigenvalue weighted by molar-refractivity contribution is 0.0204. The number of halogens is 1. The third-order valence-electron chi connectivity index (χ3n) is 4.26. The van der Waals surface area contributed by atoms with Crippen LogP contribution < -0.4 is 0 Å². The number of amides is 1. The first-order valence-corrected chi connectivity index (χ1v) is 9.09. The fourth-order valence-corrected chi connectivity index (χ4v) is 3.52. The third kappa shape index (κ3) is 3.56. The maximum Gasteiger partial charge on any atom is 0.410 e. The number of nitrogens with zero attached hydrogens (tertiary/aromatic N) is 2. The van der Waals surface area contributed by atoms with Crippen LogP contribution >= 0.6 is 15.9 Å². The molecule has 1 atom stereocenters. The highest BCUT2D eigenvalue weighted by molar-refractivity contribution is 9.10. The van der Waals surface area contributed by atoms with Gasteiger partial charge in [0.25, 0.3) is 0 Å². The van der Waals surface area contributed by atoms with E-state index in [1.54, 1.807) is 4.90 Å². The number of carbonyl (C=O) groups excluding carboxylic acids is 1. The van der Waals surface area contributed by atoms with Crippen LogP contribution in [0.2, 0.25) is 0 Å². The van der Waals surface area contributed by atoms with E-state index in [-0.39, 0.29) is 12.1 Å². The highest BCUT2D eigenvalue weighted by Crippen LogP contribution is 2.36. The zero-order valence-corrected chi connectivity index (χ0v) is 16.2. The molecule has 1 aromatic heterocycles. The van der Waals surface area contributed by atoms with Gasteiger partial charge < -0.3 is 9.64 Å². The molecule has 0 N–H and O–H groups in total. The Morgan fingerprint density at radius 3 is 2.83 bits per heavy atom. The lowest BCUT2D eigenvalue weighted by atomic mass is 9.93. The van der Waals surface area contributed by atoms with E-state index in [4.69, 9.17) is 4.74 Å². The number of hydrogen-bond donors (Lipinski definition) is 0. The van der Waals surface area contributed by atoms with Gasteiger partial charge >= 0.3 is 6.09 Å². The van der Waals surface area contributed by atoms with Gasteiger partial charge in [-0.05, 0) is 67.3 Å². The number of pyridine rings is 1. The van der Waals surface area contributed by atoms with Crippen molar-refractivity contribution in [1.82, 2.24) is 9.88 Å². The quantitative estimate of drug-likeness (QED) is 0.695. The van der Waals surface area contributed by atoms with Gasteiger partial charge in [-0.2, -0.15) is 0 Å². The lowest BCUT2D eigenvalue weighted by Gasteiger charge is -2.34. The summed E-state index contributed by atoms with van der Waals surface area (Å²) in [5, 5.41) is 0. The maximum absolute atomic E-state index is 12.3. The second-order valence-electron chi connectivity index (χ2n) is 7.33. The van der Waals surface area contributed by atoms with Gasteiger partial charge in [0.1, 0.15) is 5.60 Å². The highest BCUT2D eigenvalue weighted by atomic mass is 79.9. The minimum Gasteiger partial charge on any atom is -0.444 e. The molecule has 1 aromatic rings. The number of hydrogen-bond acceptors (Lipinski definition) is 3. The van der Waals surface area contributed by atoms with E-state index in [0.717, 1.165) is 23.0 Å². The number of carbonyl (C=O) groups is 1. The van der Waals surface area contributed by atoms with Crippen LogP contribution in [0.1, 0.15) is 45.4 Å². The number of aromatic nitrogens is 1. The molecule has 128 valence electrons. The molecule has 1 aliphatic carbocycles. The molecule has 1 unspecified atom stereocenters. The van der Waals surface area contributed by atoms with Crippen LogP contribution in [0.15, 0.2) is 34.5 Å². The van der Waals surface area contributed by atoms with Crippen LogP contribution in [-0.2, 0) is 11.2 Å². The Hall–Kier alpha value is -1.62.